The summed E-state index contributed by atoms with van der Waals surface area (Å²) in [4.78, 5) is 22.0. The predicted octanol–water partition coefficient (Wildman–Crippen LogP) is 4.87. The number of aryl methyl sites for hydroxylation is 1. The number of carbonyl (C=O) groups is 1. The molecule has 3 aromatic rings. The van der Waals surface area contributed by atoms with E-state index < -0.39 is 0 Å². The molecule has 0 unspecified atom stereocenters. The van der Waals surface area contributed by atoms with Gasteiger partial charge in [0.1, 0.15) is 16.4 Å². The van der Waals surface area contributed by atoms with Crippen molar-refractivity contribution in [2.75, 3.05) is 13.1 Å². The normalized spacial score (nSPS) is 25.4. The van der Waals surface area contributed by atoms with E-state index in [2.05, 4.69) is 20.8 Å². The fourth-order valence-corrected chi connectivity index (χ4v) is 8.05. The second-order valence-electron chi connectivity index (χ2n) is 11.1. The van der Waals surface area contributed by atoms with Crippen molar-refractivity contribution in [1.29, 1.82) is 0 Å². The minimum absolute atomic E-state index is 0.0824. The van der Waals surface area contributed by atoms with Crippen LogP contribution in [0, 0.1) is 12.8 Å². The molecule has 7 nitrogen and oxygen atoms in total. The van der Waals surface area contributed by atoms with Crippen LogP contribution >= 0.6 is 22.9 Å². The maximum Gasteiger partial charge on any atom is 0.223 e. The number of rotatable bonds is 3. The molecule has 2 aliphatic heterocycles. The minimum Gasteiger partial charge on any atom is -0.372 e. The van der Waals surface area contributed by atoms with Gasteiger partial charge in [-0.25, -0.2) is 0 Å². The van der Waals surface area contributed by atoms with Gasteiger partial charge in [0.25, 0.3) is 0 Å². The zero-order valence-electron chi connectivity index (χ0n) is 21.3. The van der Waals surface area contributed by atoms with Crippen LogP contribution in [0.25, 0.3) is 5.00 Å². The molecule has 1 amide bonds. The Bertz CT molecular complexity index is 1440. The van der Waals surface area contributed by atoms with Crippen LogP contribution in [0.5, 0.6) is 0 Å². The second kappa shape index (κ2) is 8.48. The number of aliphatic imine (C=N–C) groups is 1. The Morgan fingerprint density at radius 1 is 1.16 bits per heavy atom. The number of ether oxygens (including phenoxy) is 1. The van der Waals surface area contributed by atoms with Crippen molar-refractivity contribution >= 4 is 34.6 Å². The van der Waals surface area contributed by atoms with E-state index in [4.69, 9.17) is 21.3 Å². The van der Waals surface area contributed by atoms with Crippen molar-refractivity contribution < 1.29 is 9.53 Å². The first-order valence-corrected chi connectivity index (χ1v) is 14.4. The summed E-state index contributed by atoms with van der Waals surface area (Å²) in [7, 11) is 0. The molecule has 0 N–H and O–H groups in total. The summed E-state index contributed by atoms with van der Waals surface area (Å²) < 4.78 is 8.07. The third-order valence-corrected chi connectivity index (χ3v) is 9.70. The first-order chi connectivity index (χ1) is 17.8. The molecule has 2 aliphatic carbocycles. The number of fused-ring (bicyclic) bond motifs is 6. The molecule has 2 fully saturated rings. The van der Waals surface area contributed by atoms with Gasteiger partial charge in [-0.15, -0.1) is 21.5 Å². The van der Waals surface area contributed by atoms with Crippen molar-refractivity contribution in [3.8, 4) is 5.00 Å². The number of thiophene rings is 1. The van der Waals surface area contributed by atoms with Gasteiger partial charge in [0, 0.05) is 40.5 Å². The Kier molecular flexibility index (Phi) is 5.40. The topological polar surface area (TPSA) is 72.6 Å². The first-order valence-electron chi connectivity index (χ1n) is 13.2. The van der Waals surface area contributed by atoms with Gasteiger partial charge in [0.2, 0.25) is 5.91 Å². The summed E-state index contributed by atoms with van der Waals surface area (Å²) in [5.41, 5.74) is 4.06. The molecule has 4 aliphatic rings. The van der Waals surface area contributed by atoms with E-state index in [1.165, 1.54) is 10.4 Å². The number of halogens is 1. The third-order valence-electron chi connectivity index (χ3n) is 8.13. The van der Waals surface area contributed by atoms with E-state index in [0.717, 1.165) is 59.2 Å². The molecule has 3 atom stereocenters. The van der Waals surface area contributed by atoms with Crippen LogP contribution in [0.3, 0.4) is 0 Å². The number of amides is 1. The Morgan fingerprint density at radius 3 is 2.65 bits per heavy atom. The van der Waals surface area contributed by atoms with Gasteiger partial charge in [-0.05, 0) is 64.0 Å². The van der Waals surface area contributed by atoms with E-state index in [1.807, 2.05) is 55.2 Å². The number of benzene rings is 1. The van der Waals surface area contributed by atoms with Gasteiger partial charge in [0.05, 0.1) is 17.9 Å². The van der Waals surface area contributed by atoms with E-state index in [-0.39, 0.29) is 23.7 Å². The molecule has 0 radical (unpaired) electrons. The van der Waals surface area contributed by atoms with Crippen LogP contribution in [0.1, 0.15) is 66.3 Å². The maximum atomic E-state index is 13.3. The minimum atomic E-state index is -0.334. The average molecular weight is 536 g/mol. The summed E-state index contributed by atoms with van der Waals surface area (Å²) in [5, 5.41) is 10.9. The van der Waals surface area contributed by atoms with Crippen molar-refractivity contribution in [1.82, 2.24) is 19.7 Å². The summed E-state index contributed by atoms with van der Waals surface area (Å²) in [6, 6.07) is 7.99. The summed E-state index contributed by atoms with van der Waals surface area (Å²) in [5.74, 6) is 2.36. The lowest BCUT2D eigenvalue weighted by molar-refractivity contribution is -0.144. The predicted molar refractivity (Wildman–Crippen MR) is 144 cm³/mol. The van der Waals surface area contributed by atoms with Crippen LogP contribution in [-0.2, 0) is 27.9 Å². The molecule has 1 aromatic carbocycles. The van der Waals surface area contributed by atoms with Crippen LogP contribution in [0.15, 0.2) is 29.3 Å². The number of carbonyl (C=O) groups excluding carboxylic acids is 1. The van der Waals surface area contributed by atoms with E-state index >= 15 is 0 Å². The number of hydrogen-bond donors (Lipinski definition) is 0. The maximum absolute atomic E-state index is 13.3. The number of aromatic nitrogens is 3. The van der Waals surface area contributed by atoms with Crippen LogP contribution in [-0.4, -0.2) is 56.6 Å². The van der Waals surface area contributed by atoms with Crippen LogP contribution in [0.2, 0.25) is 5.02 Å². The molecular weight excluding hydrogens is 506 g/mol. The van der Waals surface area contributed by atoms with Crippen molar-refractivity contribution in [2.24, 2.45) is 10.9 Å². The molecule has 0 bridgehead atoms. The average Bonchev–Trinajstić information content (AvgIpc) is 3.21. The van der Waals surface area contributed by atoms with E-state index in [1.54, 1.807) is 0 Å². The molecule has 1 saturated carbocycles. The number of morpholine rings is 1. The number of nitrogens with zero attached hydrogens (tertiary/aromatic N) is 5. The molecule has 9 heteroatoms. The highest BCUT2D eigenvalue weighted by atomic mass is 35.5. The van der Waals surface area contributed by atoms with E-state index in [0.29, 0.717) is 30.5 Å². The second-order valence-corrected chi connectivity index (χ2v) is 12.6. The molecule has 1 saturated heterocycles. The first kappa shape index (κ1) is 23.6. The SMILES string of the molecule is Cc1nnc2n1-c1sc3c(c1C(c1ccccc1Cl)=NC21CC1)C[C@H](CC(=O)N1C[C@@H](C)O[C@H](C)C1)C3. The van der Waals surface area contributed by atoms with Gasteiger partial charge in [-0.2, -0.15) is 0 Å². The van der Waals surface area contributed by atoms with Gasteiger partial charge in [-0.3, -0.25) is 14.4 Å². The van der Waals surface area contributed by atoms with Gasteiger partial charge in [-0.1, -0.05) is 29.8 Å². The quantitative estimate of drug-likeness (QED) is 0.479. The molecule has 1 spiro atoms. The van der Waals surface area contributed by atoms with Crippen LogP contribution in [0.4, 0.5) is 0 Å². The molecular formula is C28H30ClN5O2S. The fraction of sp³-hybridized carbons (Fsp3) is 0.500. The largest absolute Gasteiger partial charge is 0.372 e. The zero-order chi connectivity index (χ0) is 25.5. The third kappa shape index (κ3) is 3.79. The van der Waals surface area contributed by atoms with Crippen molar-refractivity contribution in [3.63, 3.8) is 0 Å². The van der Waals surface area contributed by atoms with Crippen LogP contribution < -0.4 is 0 Å². The Hall–Kier alpha value is -2.55. The monoisotopic (exact) mass is 535 g/mol. The highest BCUT2D eigenvalue weighted by Crippen LogP contribution is 2.54. The van der Waals surface area contributed by atoms with Gasteiger partial charge >= 0.3 is 0 Å². The lowest BCUT2D eigenvalue weighted by atomic mass is 9.96. The Morgan fingerprint density at radius 2 is 1.92 bits per heavy atom. The highest BCUT2D eigenvalue weighted by Gasteiger charge is 2.52. The molecule has 7 rings (SSSR count). The van der Waals surface area contributed by atoms with Crippen molar-refractivity contribution in [3.05, 3.63) is 62.5 Å². The summed E-state index contributed by atoms with van der Waals surface area (Å²) in [6.45, 7) is 7.46. The fourth-order valence-electron chi connectivity index (χ4n) is 6.33. The smallest absolute Gasteiger partial charge is 0.223 e. The lowest BCUT2D eigenvalue weighted by Crippen LogP contribution is -2.48. The zero-order valence-corrected chi connectivity index (χ0v) is 22.9. The number of hydrogen-bond acceptors (Lipinski definition) is 6. The van der Waals surface area contributed by atoms with Gasteiger partial charge < -0.3 is 9.64 Å². The molecule has 192 valence electrons. The summed E-state index contributed by atoms with van der Waals surface area (Å²) >= 11 is 8.57. The lowest BCUT2D eigenvalue weighted by Gasteiger charge is -2.35. The van der Waals surface area contributed by atoms with Crippen molar-refractivity contribution in [2.45, 2.75) is 70.6 Å². The Labute approximate surface area is 225 Å². The summed E-state index contributed by atoms with van der Waals surface area (Å²) in [6.07, 6.45) is 4.43. The Balaban J connectivity index is 1.27. The molecule has 37 heavy (non-hydrogen) atoms. The van der Waals surface area contributed by atoms with Gasteiger partial charge in [0.15, 0.2) is 5.82 Å². The molecule has 4 heterocycles. The standard InChI is InChI=1S/C28H30ClN5O2S/c1-15-13-33(14-16(2)36-15)23(35)12-18-10-20-22(11-18)37-26-24(20)25(19-6-4-5-7-21(19)29)30-28(8-9-28)27-32-31-17(3)34(26)27/h4-7,15-16,18H,8-14H2,1-3H3/t15-,16-,18+/m1/s1. The van der Waals surface area contributed by atoms with E-state index in [9.17, 15) is 4.79 Å². The molecule has 2 aromatic heterocycles. The highest BCUT2D eigenvalue weighted by molar-refractivity contribution is 7.15.